The van der Waals surface area contributed by atoms with Gasteiger partial charge in [-0.15, -0.1) is 0 Å². The van der Waals surface area contributed by atoms with Gasteiger partial charge in [0.2, 0.25) is 8.32 Å². The van der Waals surface area contributed by atoms with Crippen molar-refractivity contribution in [1.29, 1.82) is 0 Å². The van der Waals surface area contributed by atoms with E-state index in [1.807, 2.05) is 6.92 Å². The van der Waals surface area contributed by atoms with E-state index in [2.05, 4.69) is 20.8 Å². The summed E-state index contributed by atoms with van der Waals surface area (Å²) in [6.45, 7) is 10.0. The van der Waals surface area contributed by atoms with Crippen molar-refractivity contribution in [1.82, 2.24) is 0 Å². The first-order valence-electron chi connectivity index (χ1n) is 9.39. The molecule has 5 heteroatoms. The third kappa shape index (κ3) is 5.38. The predicted molar refractivity (Wildman–Crippen MR) is 95.7 cm³/mol. The second kappa shape index (κ2) is 9.30. The van der Waals surface area contributed by atoms with E-state index < -0.39 is 13.9 Å². The molecular formula is C18H36O4Si. The smallest absolute Gasteiger partial charge is 0.238 e. The van der Waals surface area contributed by atoms with Crippen molar-refractivity contribution < 1.29 is 19.4 Å². The Labute approximate surface area is 143 Å². The lowest BCUT2D eigenvalue weighted by atomic mass is 9.70. The molecule has 0 bridgehead atoms. The second-order valence-corrected chi connectivity index (χ2v) is 11.9. The van der Waals surface area contributed by atoms with E-state index in [-0.39, 0.29) is 17.8 Å². The highest BCUT2D eigenvalue weighted by atomic mass is 28.4. The zero-order valence-corrected chi connectivity index (χ0v) is 16.7. The normalized spacial score (nSPS) is 27.0. The number of hydrogen-bond donors (Lipinski definition) is 1. The topological polar surface area (TPSA) is 55.8 Å². The third-order valence-electron chi connectivity index (χ3n) is 5.94. The Bertz CT molecular complexity index is 362. The average molecular weight is 345 g/mol. The molecule has 136 valence electrons. The van der Waals surface area contributed by atoms with E-state index in [1.54, 1.807) is 6.92 Å². The molecule has 4 nitrogen and oxygen atoms in total. The lowest BCUT2D eigenvalue weighted by Crippen LogP contribution is -2.52. The molecule has 1 rings (SSSR count). The van der Waals surface area contributed by atoms with Gasteiger partial charge < -0.3 is 9.90 Å². The van der Waals surface area contributed by atoms with Crippen LogP contribution in [0.25, 0.3) is 0 Å². The molecule has 0 heterocycles. The molecule has 1 fully saturated rings. The first kappa shape index (κ1) is 20.8. The Morgan fingerprint density at radius 2 is 1.87 bits per heavy atom. The van der Waals surface area contributed by atoms with E-state index in [4.69, 9.17) is 9.46 Å². The molecule has 0 aromatic rings. The summed E-state index contributed by atoms with van der Waals surface area (Å²) in [5.74, 6) is 0.316. The summed E-state index contributed by atoms with van der Waals surface area (Å²) in [4.78, 5) is 17.1. The van der Waals surface area contributed by atoms with Crippen LogP contribution in [0.1, 0.15) is 73.1 Å². The van der Waals surface area contributed by atoms with Crippen LogP contribution in [0.4, 0.5) is 0 Å². The van der Waals surface area contributed by atoms with Crippen LogP contribution >= 0.6 is 0 Å². The Morgan fingerprint density at radius 3 is 2.39 bits per heavy atom. The van der Waals surface area contributed by atoms with Crippen LogP contribution in [0.3, 0.4) is 0 Å². The summed E-state index contributed by atoms with van der Waals surface area (Å²) in [6.07, 6.45) is 4.77. The molecule has 0 aromatic heterocycles. The maximum atomic E-state index is 11.3. The van der Waals surface area contributed by atoms with E-state index in [0.717, 1.165) is 50.2 Å². The number of carbonyl (C=O) groups is 1. The van der Waals surface area contributed by atoms with Crippen molar-refractivity contribution in [2.24, 2.45) is 5.92 Å². The Morgan fingerprint density at radius 1 is 1.26 bits per heavy atom. The lowest BCUT2D eigenvalue weighted by molar-refractivity contribution is -0.303. The first-order chi connectivity index (χ1) is 10.8. The molecule has 0 amide bonds. The zero-order chi connectivity index (χ0) is 17.5. The SMILES string of the molecule is CC[Si](CC)(CC)OOC(C)[C@@]1(O)CCCC[C@@H]1CCC(C)=O. The predicted octanol–water partition coefficient (Wildman–Crippen LogP) is 4.62. The van der Waals surface area contributed by atoms with E-state index in [0.29, 0.717) is 6.42 Å². The molecule has 23 heavy (non-hydrogen) atoms. The van der Waals surface area contributed by atoms with Crippen molar-refractivity contribution in [3.05, 3.63) is 0 Å². The fourth-order valence-corrected chi connectivity index (χ4v) is 5.95. The summed E-state index contributed by atoms with van der Waals surface area (Å²) in [6, 6.07) is 3.08. The molecule has 0 saturated heterocycles. The summed E-state index contributed by atoms with van der Waals surface area (Å²) >= 11 is 0. The van der Waals surface area contributed by atoms with Crippen LogP contribution in [0, 0.1) is 5.92 Å². The van der Waals surface area contributed by atoms with Crippen molar-refractivity contribution >= 4 is 14.1 Å². The Hall–Kier alpha value is -0.233. The van der Waals surface area contributed by atoms with E-state index >= 15 is 0 Å². The van der Waals surface area contributed by atoms with Gasteiger partial charge in [-0.2, -0.15) is 0 Å². The first-order valence-corrected chi connectivity index (χ1v) is 11.9. The van der Waals surface area contributed by atoms with Crippen LogP contribution in [0.2, 0.25) is 18.1 Å². The van der Waals surface area contributed by atoms with E-state index in [1.165, 1.54) is 0 Å². The maximum absolute atomic E-state index is 11.3. The quantitative estimate of drug-likeness (QED) is 0.357. The minimum absolute atomic E-state index is 0.125. The van der Waals surface area contributed by atoms with Crippen LogP contribution in [0.5, 0.6) is 0 Å². The lowest BCUT2D eigenvalue weighted by Gasteiger charge is -2.44. The minimum Gasteiger partial charge on any atom is -0.387 e. The summed E-state index contributed by atoms with van der Waals surface area (Å²) < 4.78 is 5.94. The standard InChI is InChI=1S/C18H36O4Si/c1-6-23(7-2,8-3)22-21-16(5)18(20)14-10-9-11-17(18)13-12-15(4)19/h16-17,20H,6-14H2,1-5H3/t16?,17-,18+/m1/s1. The van der Waals surface area contributed by atoms with Crippen LogP contribution in [-0.2, 0) is 14.3 Å². The molecule has 1 saturated carbocycles. The van der Waals surface area contributed by atoms with Crippen molar-refractivity contribution in [2.45, 2.75) is 103 Å². The van der Waals surface area contributed by atoms with Crippen molar-refractivity contribution in [2.75, 3.05) is 0 Å². The highest BCUT2D eigenvalue weighted by Gasteiger charge is 2.45. The van der Waals surface area contributed by atoms with Gasteiger partial charge in [-0.3, -0.25) is 4.58 Å². The molecule has 1 aliphatic rings. The molecule has 1 aliphatic carbocycles. The van der Waals surface area contributed by atoms with Crippen molar-refractivity contribution in [3.8, 4) is 0 Å². The van der Waals surface area contributed by atoms with Gasteiger partial charge in [0, 0.05) is 6.42 Å². The maximum Gasteiger partial charge on any atom is 0.238 e. The molecule has 1 N–H and O–H groups in total. The number of carbonyl (C=O) groups excluding carboxylic acids is 1. The summed E-state index contributed by atoms with van der Waals surface area (Å²) in [5.41, 5.74) is -0.872. The molecule has 0 aliphatic heterocycles. The Kier molecular flexibility index (Phi) is 8.42. The zero-order valence-electron chi connectivity index (χ0n) is 15.7. The molecule has 1 unspecified atom stereocenters. The second-order valence-electron chi connectivity index (χ2n) is 7.24. The molecule has 0 radical (unpaired) electrons. The monoisotopic (exact) mass is 344 g/mol. The Balaban J connectivity index is 2.72. The molecule has 0 aromatic carbocycles. The van der Waals surface area contributed by atoms with Crippen molar-refractivity contribution in [3.63, 3.8) is 0 Å². The third-order valence-corrected chi connectivity index (χ3v) is 10.3. The fraction of sp³-hybridized carbons (Fsp3) is 0.944. The van der Waals surface area contributed by atoms with Gasteiger partial charge in [0.15, 0.2) is 0 Å². The van der Waals surface area contributed by atoms with Crippen LogP contribution < -0.4 is 0 Å². The number of aliphatic hydroxyl groups is 1. The fourth-order valence-electron chi connectivity index (χ4n) is 3.74. The number of ketones is 1. The molecule has 3 atom stereocenters. The van der Waals surface area contributed by atoms with Crippen LogP contribution in [0.15, 0.2) is 0 Å². The van der Waals surface area contributed by atoms with Gasteiger partial charge in [0.1, 0.15) is 11.9 Å². The highest BCUT2D eigenvalue weighted by molar-refractivity contribution is 6.73. The highest BCUT2D eigenvalue weighted by Crippen LogP contribution is 2.40. The number of Topliss-reactive ketones (excluding diaryl/α,β-unsaturated/α-hetero) is 1. The summed E-state index contributed by atoms with van der Waals surface area (Å²) in [5, 5.41) is 11.2. The molecule has 0 spiro atoms. The molecular weight excluding hydrogens is 308 g/mol. The van der Waals surface area contributed by atoms with Gasteiger partial charge in [-0.25, -0.2) is 4.89 Å². The van der Waals surface area contributed by atoms with Crippen LogP contribution in [-0.4, -0.2) is 30.9 Å². The van der Waals surface area contributed by atoms with Gasteiger partial charge in [0.25, 0.3) is 0 Å². The number of hydrogen-bond acceptors (Lipinski definition) is 4. The number of rotatable bonds is 10. The van der Waals surface area contributed by atoms with Gasteiger partial charge in [-0.1, -0.05) is 33.6 Å². The summed E-state index contributed by atoms with van der Waals surface area (Å²) in [7, 11) is -1.82. The van der Waals surface area contributed by atoms with Gasteiger partial charge >= 0.3 is 0 Å². The minimum atomic E-state index is -1.82. The van der Waals surface area contributed by atoms with E-state index in [9.17, 15) is 9.90 Å². The van der Waals surface area contributed by atoms with Gasteiger partial charge in [0.05, 0.1) is 5.60 Å². The average Bonchev–Trinajstić information content (AvgIpc) is 2.55. The van der Waals surface area contributed by atoms with Gasteiger partial charge in [-0.05, 0) is 57.2 Å². The largest absolute Gasteiger partial charge is 0.387 e.